The maximum atomic E-state index is 5.82. The van der Waals surface area contributed by atoms with Gasteiger partial charge in [0.15, 0.2) is 0 Å². The van der Waals surface area contributed by atoms with Crippen molar-refractivity contribution < 1.29 is 0 Å². The number of hydrogen-bond donors (Lipinski definition) is 1. The van der Waals surface area contributed by atoms with E-state index >= 15 is 0 Å². The van der Waals surface area contributed by atoms with Crippen LogP contribution in [0.1, 0.15) is 13.8 Å². The highest BCUT2D eigenvalue weighted by atomic mass is 15.3. The number of nitrogens with zero attached hydrogens (tertiary/aromatic N) is 3. The first-order valence-electron chi connectivity index (χ1n) is 6.17. The first kappa shape index (κ1) is 13.9. The number of piperazine rings is 1. The van der Waals surface area contributed by atoms with Crippen molar-refractivity contribution in [3.8, 4) is 0 Å². The van der Waals surface area contributed by atoms with E-state index in [1.165, 1.54) is 0 Å². The SMILES string of the molecule is CN(C)CCN1CC(CN)N(C)CC1(C)C. The van der Waals surface area contributed by atoms with Gasteiger partial charge in [0.1, 0.15) is 0 Å². The summed E-state index contributed by atoms with van der Waals surface area (Å²) < 4.78 is 0. The van der Waals surface area contributed by atoms with Crippen molar-refractivity contribution in [3.63, 3.8) is 0 Å². The van der Waals surface area contributed by atoms with Crippen molar-refractivity contribution in [1.82, 2.24) is 14.7 Å². The van der Waals surface area contributed by atoms with Gasteiger partial charge in [-0.2, -0.15) is 0 Å². The third kappa shape index (κ3) is 3.42. The van der Waals surface area contributed by atoms with E-state index in [0.717, 1.165) is 32.7 Å². The summed E-state index contributed by atoms with van der Waals surface area (Å²) in [5.41, 5.74) is 6.08. The average Bonchev–Trinajstić information content (AvgIpc) is 2.15. The molecule has 1 heterocycles. The Morgan fingerprint density at radius 3 is 2.50 bits per heavy atom. The van der Waals surface area contributed by atoms with Crippen molar-refractivity contribution >= 4 is 0 Å². The first-order valence-corrected chi connectivity index (χ1v) is 6.17. The largest absolute Gasteiger partial charge is 0.329 e. The molecular weight excluding hydrogens is 200 g/mol. The highest BCUT2D eigenvalue weighted by Gasteiger charge is 2.36. The molecule has 0 saturated carbocycles. The Balaban J connectivity index is 2.59. The van der Waals surface area contributed by atoms with E-state index in [9.17, 15) is 0 Å². The van der Waals surface area contributed by atoms with E-state index in [-0.39, 0.29) is 5.54 Å². The van der Waals surface area contributed by atoms with Crippen molar-refractivity contribution in [2.45, 2.75) is 25.4 Å². The summed E-state index contributed by atoms with van der Waals surface area (Å²) in [5, 5.41) is 0. The van der Waals surface area contributed by atoms with E-state index in [1.54, 1.807) is 0 Å². The Labute approximate surface area is 100 Å². The normalized spacial score (nSPS) is 27.6. The van der Waals surface area contributed by atoms with Crippen LogP contribution in [0.5, 0.6) is 0 Å². The minimum atomic E-state index is 0.260. The Bertz CT molecular complexity index is 215. The molecule has 1 unspecified atom stereocenters. The van der Waals surface area contributed by atoms with Crippen LogP contribution in [0.15, 0.2) is 0 Å². The summed E-state index contributed by atoms with van der Waals surface area (Å²) in [4.78, 5) is 7.21. The molecular formula is C12H28N4. The van der Waals surface area contributed by atoms with Crippen LogP contribution in [0.3, 0.4) is 0 Å². The van der Waals surface area contributed by atoms with Crippen molar-refractivity contribution in [1.29, 1.82) is 0 Å². The molecule has 1 atom stereocenters. The molecule has 0 spiro atoms. The van der Waals surface area contributed by atoms with Crippen molar-refractivity contribution in [2.75, 3.05) is 53.9 Å². The Morgan fingerprint density at radius 2 is 2.00 bits per heavy atom. The van der Waals surface area contributed by atoms with Crippen LogP contribution in [0.25, 0.3) is 0 Å². The van der Waals surface area contributed by atoms with Gasteiger partial charge in [-0.3, -0.25) is 9.80 Å². The fourth-order valence-corrected chi connectivity index (χ4v) is 2.45. The summed E-state index contributed by atoms with van der Waals surface area (Å²) in [6.45, 7) is 9.84. The minimum absolute atomic E-state index is 0.260. The Morgan fingerprint density at radius 1 is 1.38 bits per heavy atom. The fourth-order valence-electron chi connectivity index (χ4n) is 2.45. The first-order chi connectivity index (χ1) is 7.36. The molecule has 2 N–H and O–H groups in total. The lowest BCUT2D eigenvalue weighted by Gasteiger charge is -2.50. The van der Waals surface area contributed by atoms with Gasteiger partial charge >= 0.3 is 0 Å². The average molecular weight is 228 g/mol. The zero-order chi connectivity index (χ0) is 12.3. The Kier molecular flexibility index (Phi) is 4.73. The topological polar surface area (TPSA) is 35.7 Å². The molecule has 0 aromatic rings. The highest BCUT2D eigenvalue weighted by molar-refractivity contribution is 4.94. The molecule has 1 saturated heterocycles. The molecule has 1 aliphatic rings. The van der Waals surface area contributed by atoms with Gasteiger partial charge < -0.3 is 10.6 Å². The third-order valence-electron chi connectivity index (χ3n) is 3.64. The summed E-state index contributed by atoms with van der Waals surface area (Å²) >= 11 is 0. The zero-order valence-corrected chi connectivity index (χ0v) is 11.5. The maximum Gasteiger partial charge on any atom is 0.0343 e. The van der Waals surface area contributed by atoms with Gasteiger partial charge in [0, 0.05) is 44.3 Å². The fraction of sp³-hybridized carbons (Fsp3) is 1.00. The van der Waals surface area contributed by atoms with Crippen LogP contribution < -0.4 is 5.73 Å². The predicted octanol–water partition coefficient (Wildman–Crippen LogP) is -0.0987. The number of nitrogens with two attached hydrogens (primary N) is 1. The maximum absolute atomic E-state index is 5.82. The summed E-state index contributed by atoms with van der Waals surface area (Å²) in [6.07, 6.45) is 0. The molecule has 96 valence electrons. The second-order valence-electron chi connectivity index (χ2n) is 5.87. The minimum Gasteiger partial charge on any atom is -0.329 e. The summed E-state index contributed by atoms with van der Waals surface area (Å²) in [7, 11) is 6.44. The monoisotopic (exact) mass is 228 g/mol. The van der Waals surface area contributed by atoms with E-state index < -0.39 is 0 Å². The Hall–Kier alpha value is -0.160. The molecule has 0 aliphatic carbocycles. The van der Waals surface area contributed by atoms with Crippen molar-refractivity contribution in [3.05, 3.63) is 0 Å². The standard InChI is InChI=1S/C12H28N4/c1-12(2)10-15(5)11(8-13)9-16(12)7-6-14(3)4/h11H,6-10,13H2,1-5H3. The predicted molar refractivity (Wildman–Crippen MR) is 69.7 cm³/mol. The number of rotatable bonds is 4. The van der Waals surface area contributed by atoms with Gasteiger partial charge in [0.2, 0.25) is 0 Å². The smallest absolute Gasteiger partial charge is 0.0343 e. The summed E-state index contributed by atoms with van der Waals surface area (Å²) in [6, 6.07) is 0.509. The van der Waals surface area contributed by atoms with Gasteiger partial charge in [0.25, 0.3) is 0 Å². The van der Waals surface area contributed by atoms with Crippen LogP contribution in [0, 0.1) is 0 Å². The van der Waals surface area contributed by atoms with E-state index in [4.69, 9.17) is 5.73 Å². The molecule has 0 amide bonds. The molecule has 0 radical (unpaired) electrons. The van der Waals surface area contributed by atoms with E-state index in [0.29, 0.717) is 6.04 Å². The number of likely N-dealkylation sites (N-methyl/N-ethyl adjacent to an activating group) is 2. The lowest BCUT2D eigenvalue weighted by atomic mass is 9.96. The van der Waals surface area contributed by atoms with Crippen molar-refractivity contribution in [2.24, 2.45) is 5.73 Å². The molecule has 0 aromatic heterocycles. The van der Waals surface area contributed by atoms with Gasteiger partial charge in [0.05, 0.1) is 0 Å². The quantitative estimate of drug-likeness (QED) is 0.729. The third-order valence-corrected chi connectivity index (χ3v) is 3.64. The number of hydrogen-bond acceptors (Lipinski definition) is 4. The van der Waals surface area contributed by atoms with Gasteiger partial charge in [-0.25, -0.2) is 0 Å². The van der Waals surface area contributed by atoms with E-state index in [2.05, 4.69) is 49.7 Å². The molecule has 1 fully saturated rings. The van der Waals surface area contributed by atoms with Crippen LogP contribution in [-0.4, -0.2) is 80.1 Å². The molecule has 16 heavy (non-hydrogen) atoms. The van der Waals surface area contributed by atoms with Gasteiger partial charge in [-0.05, 0) is 35.0 Å². The lowest BCUT2D eigenvalue weighted by Crippen LogP contribution is -2.64. The van der Waals surface area contributed by atoms with Crippen LogP contribution >= 0.6 is 0 Å². The molecule has 4 heteroatoms. The second kappa shape index (κ2) is 5.45. The van der Waals surface area contributed by atoms with Gasteiger partial charge in [-0.15, -0.1) is 0 Å². The molecule has 1 aliphatic heterocycles. The van der Waals surface area contributed by atoms with Crippen LogP contribution in [0.4, 0.5) is 0 Å². The van der Waals surface area contributed by atoms with Crippen LogP contribution in [-0.2, 0) is 0 Å². The second-order valence-corrected chi connectivity index (χ2v) is 5.87. The molecule has 4 nitrogen and oxygen atoms in total. The summed E-state index contributed by atoms with van der Waals surface area (Å²) in [5.74, 6) is 0. The lowest BCUT2D eigenvalue weighted by molar-refractivity contribution is -0.00475. The van der Waals surface area contributed by atoms with E-state index in [1.807, 2.05) is 0 Å². The highest BCUT2D eigenvalue weighted by Crippen LogP contribution is 2.22. The molecule has 0 aromatic carbocycles. The molecule has 1 rings (SSSR count). The van der Waals surface area contributed by atoms with Gasteiger partial charge in [-0.1, -0.05) is 0 Å². The van der Waals surface area contributed by atoms with Crippen LogP contribution in [0.2, 0.25) is 0 Å². The molecule has 0 bridgehead atoms. The zero-order valence-electron chi connectivity index (χ0n) is 11.5.